The molecule has 0 saturated heterocycles. The van der Waals surface area contributed by atoms with Crippen LogP contribution in [0.2, 0.25) is 5.02 Å². The molecule has 4 aromatic rings. The molecule has 0 saturated carbocycles. The lowest BCUT2D eigenvalue weighted by Crippen LogP contribution is -2.09. The Morgan fingerprint density at radius 2 is 1.63 bits per heavy atom. The van der Waals surface area contributed by atoms with Gasteiger partial charge in [0.2, 0.25) is 5.95 Å². The van der Waals surface area contributed by atoms with Gasteiger partial charge in [0.1, 0.15) is 5.82 Å². The van der Waals surface area contributed by atoms with E-state index in [0.717, 1.165) is 35.4 Å². The SMILES string of the molecule is Clc1cccc(Nc2nc(NCCc3ccccc3)c3ccccc3n2)c1. The van der Waals surface area contributed by atoms with E-state index >= 15 is 0 Å². The van der Waals surface area contributed by atoms with Gasteiger partial charge in [-0.2, -0.15) is 4.98 Å². The van der Waals surface area contributed by atoms with E-state index < -0.39 is 0 Å². The molecule has 0 aliphatic rings. The first kappa shape index (κ1) is 17.3. The van der Waals surface area contributed by atoms with Crippen LogP contribution in [0.25, 0.3) is 10.9 Å². The Hall–Kier alpha value is -3.11. The average Bonchev–Trinajstić information content (AvgIpc) is 2.69. The summed E-state index contributed by atoms with van der Waals surface area (Å²) in [5, 5.41) is 8.37. The van der Waals surface area contributed by atoms with Gasteiger partial charge in [0.25, 0.3) is 0 Å². The average molecular weight is 375 g/mol. The highest BCUT2D eigenvalue weighted by Crippen LogP contribution is 2.24. The largest absolute Gasteiger partial charge is 0.369 e. The molecule has 4 nitrogen and oxygen atoms in total. The van der Waals surface area contributed by atoms with Crippen molar-refractivity contribution in [1.29, 1.82) is 0 Å². The number of nitrogens with one attached hydrogen (secondary N) is 2. The number of halogens is 1. The number of rotatable bonds is 6. The minimum Gasteiger partial charge on any atom is -0.369 e. The van der Waals surface area contributed by atoms with Crippen molar-refractivity contribution in [3.63, 3.8) is 0 Å². The number of fused-ring (bicyclic) bond motifs is 1. The number of hydrogen-bond acceptors (Lipinski definition) is 4. The summed E-state index contributed by atoms with van der Waals surface area (Å²) >= 11 is 6.07. The van der Waals surface area contributed by atoms with Crippen LogP contribution in [-0.2, 0) is 6.42 Å². The van der Waals surface area contributed by atoms with Gasteiger partial charge < -0.3 is 10.6 Å². The summed E-state index contributed by atoms with van der Waals surface area (Å²) in [5.74, 6) is 1.36. The molecule has 0 unspecified atom stereocenters. The third-order valence-electron chi connectivity index (χ3n) is 4.23. The standard InChI is InChI=1S/C22H19ClN4/c23-17-9-6-10-18(15-17)25-22-26-20-12-5-4-11-19(20)21(27-22)24-14-13-16-7-2-1-3-8-16/h1-12,15H,13-14H2,(H2,24,25,26,27). The molecule has 1 heterocycles. The van der Waals surface area contributed by atoms with Crippen molar-refractivity contribution in [2.45, 2.75) is 6.42 Å². The van der Waals surface area contributed by atoms with Crippen LogP contribution in [0.3, 0.4) is 0 Å². The van der Waals surface area contributed by atoms with Crippen LogP contribution in [0.4, 0.5) is 17.5 Å². The van der Waals surface area contributed by atoms with E-state index in [1.165, 1.54) is 5.56 Å². The van der Waals surface area contributed by atoms with Crippen LogP contribution in [-0.4, -0.2) is 16.5 Å². The normalized spacial score (nSPS) is 10.7. The van der Waals surface area contributed by atoms with Crippen molar-refractivity contribution < 1.29 is 0 Å². The molecule has 1 aromatic heterocycles. The molecule has 134 valence electrons. The molecule has 0 spiro atoms. The Morgan fingerprint density at radius 3 is 2.48 bits per heavy atom. The van der Waals surface area contributed by atoms with Crippen LogP contribution >= 0.6 is 11.6 Å². The van der Waals surface area contributed by atoms with E-state index in [0.29, 0.717) is 11.0 Å². The lowest BCUT2D eigenvalue weighted by atomic mass is 10.1. The fourth-order valence-electron chi connectivity index (χ4n) is 2.93. The fraction of sp³-hybridized carbons (Fsp3) is 0.0909. The van der Waals surface area contributed by atoms with E-state index in [1.807, 2.05) is 54.6 Å². The Kier molecular flexibility index (Phi) is 5.17. The third kappa shape index (κ3) is 4.36. The second-order valence-electron chi connectivity index (χ2n) is 6.21. The summed E-state index contributed by atoms with van der Waals surface area (Å²) in [6.07, 6.45) is 0.927. The van der Waals surface area contributed by atoms with Gasteiger partial charge in [0, 0.05) is 22.6 Å². The van der Waals surface area contributed by atoms with Crippen molar-refractivity contribution in [3.05, 3.63) is 89.4 Å². The summed E-state index contributed by atoms with van der Waals surface area (Å²) in [5.41, 5.74) is 3.04. The molecule has 0 amide bonds. The van der Waals surface area contributed by atoms with Crippen LogP contribution in [0, 0.1) is 0 Å². The van der Waals surface area contributed by atoms with Gasteiger partial charge in [-0.3, -0.25) is 0 Å². The van der Waals surface area contributed by atoms with Gasteiger partial charge in [0.05, 0.1) is 5.52 Å². The Labute approximate surface area is 163 Å². The number of para-hydroxylation sites is 1. The van der Waals surface area contributed by atoms with Crippen LogP contribution in [0.5, 0.6) is 0 Å². The van der Waals surface area contributed by atoms with Gasteiger partial charge in [0.15, 0.2) is 0 Å². The van der Waals surface area contributed by atoms with Gasteiger partial charge in [-0.05, 0) is 42.3 Å². The van der Waals surface area contributed by atoms with Crippen LogP contribution in [0.15, 0.2) is 78.9 Å². The summed E-state index contributed by atoms with van der Waals surface area (Å²) in [6.45, 7) is 0.793. The molecule has 0 aliphatic carbocycles. The summed E-state index contributed by atoms with van der Waals surface area (Å²) in [6, 6.07) is 25.9. The third-order valence-corrected chi connectivity index (χ3v) is 4.47. The van der Waals surface area contributed by atoms with Crippen molar-refractivity contribution in [2.24, 2.45) is 0 Å². The van der Waals surface area contributed by atoms with Crippen molar-refractivity contribution in [3.8, 4) is 0 Å². The van der Waals surface area contributed by atoms with Crippen LogP contribution in [0.1, 0.15) is 5.56 Å². The van der Waals surface area contributed by atoms with Crippen molar-refractivity contribution in [1.82, 2.24) is 9.97 Å². The first-order valence-electron chi connectivity index (χ1n) is 8.85. The maximum Gasteiger partial charge on any atom is 0.229 e. The molecule has 0 atom stereocenters. The van der Waals surface area contributed by atoms with E-state index in [1.54, 1.807) is 0 Å². The predicted octanol–water partition coefficient (Wildman–Crippen LogP) is 5.68. The van der Waals surface area contributed by atoms with E-state index in [2.05, 4.69) is 44.9 Å². The number of nitrogens with zero attached hydrogens (tertiary/aromatic N) is 2. The quantitative estimate of drug-likeness (QED) is 0.455. The summed E-state index contributed by atoms with van der Waals surface area (Å²) < 4.78 is 0. The van der Waals surface area contributed by atoms with Gasteiger partial charge in [-0.15, -0.1) is 0 Å². The topological polar surface area (TPSA) is 49.8 Å². The molecule has 0 aliphatic heterocycles. The smallest absolute Gasteiger partial charge is 0.229 e. The molecule has 4 rings (SSSR count). The van der Waals surface area contributed by atoms with Crippen LogP contribution < -0.4 is 10.6 Å². The molecule has 27 heavy (non-hydrogen) atoms. The zero-order valence-corrected chi connectivity index (χ0v) is 15.4. The fourth-order valence-corrected chi connectivity index (χ4v) is 3.12. The maximum atomic E-state index is 6.07. The van der Waals surface area contributed by atoms with E-state index in [4.69, 9.17) is 11.6 Å². The minimum atomic E-state index is 0.540. The number of hydrogen-bond donors (Lipinski definition) is 2. The zero-order valence-electron chi connectivity index (χ0n) is 14.7. The number of anilines is 3. The van der Waals surface area contributed by atoms with Crippen molar-refractivity contribution in [2.75, 3.05) is 17.2 Å². The first-order valence-corrected chi connectivity index (χ1v) is 9.23. The maximum absolute atomic E-state index is 6.07. The monoisotopic (exact) mass is 374 g/mol. The molecule has 0 bridgehead atoms. The second kappa shape index (κ2) is 8.06. The van der Waals surface area contributed by atoms with Gasteiger partial charge in [-0.1, -0.05) is 60.1 Å². The number of benzene rings is 3. The summed E-state index contributed by atoms with van der Waals surface area (Å²) in [7, 11) is 0. The Morgan fingerprint density at radius 1 is 0.815 bits per heavy atom. The molecule has 3 aromatic carbocycles. The Bertz CT molecular complexity index is 1050. The highest BCUT2D eigenvalue weighted by molar-refractivity contribution is 6.30. The molecule has 2 N–H and O–H groups in total. The van der Waals surface area contributed by atoms with E-state index in [9.17, 15) is 0 Å². The predicted molar refractivity (Wildman–Crippen MR) is 113 cm³/mol. The number of aromatic nitrogens is 2. The highest BCUT2D eigenvalue weighted by Gasteiger charge is 2.08. The lowest BCUT2D eigenvalue weighted by molar-refractivity contribution is 1.01. The summed E-state index contributed by atoms with van der Waals surface area (Å²) in [4.78, 5) is 9.30. The van der Waals surface area contributed by atoms with E-state index in [-0.39, 0.29) is 0 Å². The molecular weight excluding hydrogens is 356 g/mol. The first-order chi connectivity index (χ1) is 13.3. The molecule has 5 heteroatoms. The highest BCUT2D eigenvalue weighted by atomic mass is 35.5. The minimum absolute atomic E-state index is 0.540. The van der Waals surface area contributed by atoms with Gasteiger partial charge >= 0.3 is 0 Å². The molecule has 0 fully saturated rings. The zero-order chi connectivity index (χ0) is 18.5. The second-order valence-corrected chi connectivity index (χ2v) is 6.65. The Balaban J connectivity index is 1.58. The van der Waals surface area contributed by atoms with Gasteiger partial charge in [-0.25, -0.2) is 4.98 Å². The molecule has 0 radical (unpaired) electrons. The van der Waals surface area contributed by atoms with Crippen molar-refractivity contribution >= 4 is 40.0 Å². The lowest BCUT2D eigenvalue weighted by Gasteiger charge is -2.12. The molecular formula is C22H19ClN4.